The van der Waals surface area contributed by atoms with Crippen molar-refractivity contribution in [1.29, 1.82) is 0 Å². The van der Waals surface area contributed by atoms with Crippen LogP contribution in [0.3, 0.4) is 0 Å². The zero-order chi connectivity index (χ0) is 10.3. The summed E-state index contributed by atoms with van der Waals surface area (Å²) in [6.07, 6.45) is 2.45. The predicted octanol–water partition coefficient (Wildman–Crippen LogP) is 1.22. The van der Waals surface area contributed by atoms with Gasteiger partial charge in [0, 0.05) is 12.2 Å². The molecule has 0 atom stereocenters. The third kappa shape index (κ3) is 8.59. The Morgan fingerprint density at radius 2 is 2.00 bits per heavy atom. The van der Waals surface area contributed by atoms with Crippen molar-refractivity contribution in [2.24, 2.45) is 5.92 Å². The second-order valence-corrected chi connectivity index (χ2v) is 3.02. The highest BCUT2D eigenvalue weighted by atomic mass is 16.5. The average Bonchev–Trinajstić information content (AvgIpc) is 2.00. The first-order chi connectivity index (χ1) is 6.02. The zero-order valence-electron chi connectivity index (χ0n) is 7.82. The van der Waals surface area contributed by atoms with Crippen LogP contribution in [0.2, 0.25) is 0 Å². The van der Waals surface area contributed by atoms with Gasteiger partial charge in [0.15, 0.2) is 0 Å². The van der Waals surface area contributed by atoms with Gasteiger partial charge in [0.2, 0.25) is 0 Å². The summed E-state index contributed by atoms with van der Waals surface area (Å²) >= 11 is 0. The number of hydrogen-bond donors (Lipinski definition) is 1. The van der Waals surface area contributed by atoms with Crippen molar-refractivity contribution in [3.63, 3.8) is 0 Å². The van der Waals surface area contributed by atoms with E-state index in [-0.39, 0.29) is 0 Å². The van der Waals surface area contributed by atoms with Gasteiger partial charge in [-0.15, -0.1) is 0 Å². The summed E-state index contributed by atoms with van der Waals surface area (Å²) in [6, 6.07) is 0. The lowest BCUT2D eigenvalue weighted by atomic mass is 10.1. The number of carboxylic acids is 1. The summed E-state index contributed by atoms with van der Waals surface area (Å²) in [4.78, 5) is 20.7. The molecule has 4 heteroatoms. The Kier molecular flexibility index (Phi) is 5.59. The summed E-state index contributed by atoms with van der Waals surface area (Å²) in [5.74, 6) is -1.29. The van der Waals surface area contributed by atoms with Crippen molar-refractivity contribution in [2.45, 2.75) is 20.3 Å². The van der Waals surface area contributed by atoms with E-state index in [1.54, 1.807) is 0 Å². The van der Waals surface area contributed by atoms with Crippen LogP contribution in [0.25, 0.3) is 0 Å². The largest absolute Gasteiger partial charge is 0.478 e. The molecule has 0 unspecified atom stereocenters. The minimum absolute atomic E-state index is 0.334. The van der Waals surface area contributed by atoms with Crippen molar-refractivity contribution < 1.29 is 19.4 Å². The second kappa shape index (κ2) is 6.22. The first-order valence-electron chi connectivity index (χ1n) is 4.10. The fraction of sp³-hybridized carbons (Fsp3) is 0.556. The average molecular weight is 186 g/mol. The molecule has 4 nitrogen and oxygen atoms in total. The lowest BCUT2D eigenvalue weighted by Crippen LogP contribution is -2.05. The molecule has 0 heterocycles. The summed E-state index contributed by atoms with van der Waals surface area (Å²) in [5.41, 5.74) is 0. The van der Waals surface area contributed by atoms with Gasteiger partial charge in [-0.25, -0.2) is 9.59 Å². The van der Waals surface area contributed by atoms with Crippen LogP contribution in [0.5, 0.6) is 0 Å². The molecule has 0 amide bonds. The molecule has 1 N–H and O–H groups in total. The molecule has 0 saturated heterocycles. The smallest absolute Gasteiger partial charge is 0.331 e. The van der Waals surface area contributed by atoms with E-state index in [2.05, 4.69) is 0 Å². The fourth-order valence-electron chi connectivity index (χ4n) is 0.583. The Morgan fingerprint density at radius 3 is 2.46 bits per heavy atom. The van der Waals surface area contributed by atoms with E-state index in [0.29, 0.717) is 12.5 Å². The molecular weight excluding hydrogens is 172 g/mol. The van der Waals surface area contributed by atoms with E-state index in [9.17, 15) is 9.59 Å². The SMILES string of the molecule is CC(C)CCOC(=O)/C=C\C(=O)O. The molecule has 0 fully saturated rings. The molecule has 0 saturated carbocycles. The van der Waals surface area contributed by atoms with E-state index >= 15 is 0 Å². The third-order valence-electron chi connectivity index (χ3n) is 1.30. The first kappa shape index (κ1) is 11.7. The van der Waals surface area contributed by atoms with Gasteiger partial charge in [-0.1, -0.05) is 13.8 Å². The molecule has 74 valence electrons. The topological polar surface area (TPSA) is 63.6 Å². The van der Waals surface area contributed by atoms with Crippen molar-refractivity contribution in [3.8, 4) is 0 Å². The Balaban J connectivity index is 3.58. The van der Waals surface area contributed by atoms with Crippen molar-refractivity contribution >= 4 is 11.9 Å². The maximum absolute atomic E-state index is 10.8. The number of hydrogen-bond acceptors (Lipinski definition) is 3. The zero-order valence-corrected chi connectivity index (χ0v) is 7.82. The molecule has 0 aliphatic carbocycles. The number of ether oxygens (including phenoxy) is 1. The van der Waals surface area contributed by atoms with Gasteiger partial charge >= 0.3 is 11.9 Å². The lowest BCUT2D eigenvalue weighted by Gasteiger charge is -2.03. The number of carboxylic acid groups (broad SMARTS) is 1. The Labute approximate surface area is 77.2 Å². The normalized spacial score (nSPS) is 10.7. The highest BCUT2D eigenvalue weighted by molar-refractivity contribution is 5.90. The standard InChI is InChI=1S/C9H14O4/c1-7(2)5-6-13-9(12)4-3-8(10)11/h3-4,7H,5-6H2,1-2H3,(H,10,11)/b4-3-. The third-order valence-corrected chi connectivity index (χ3v) is 1.30. The van der Waals surface area contributed by atoms with E-state index < -0.39 is 11.9 Å². The molecule has 0 aliphatic heterocycles. The van der Waals surface area contributed by atoms with E-state index in [1.807, 2.05) is 13.8 Å². The first-order valence-corrected chi connectivity index (χ1v) is 4.10. The van der Waals surface area contributed by atoms with Gasteiger partial charge in [-0.05, 0) is 12.3 Å². The van der Waals surface area contributed by atoms with Crippen LogP contribution in [0.1, 0.15) is 20.3 Å². The molecule has 0 rings (SSSR count). The number of esters is 1. The van der Waals surface area contributed by atoms with Crippen molar-refractivity contribution in [1.82, 2.24) is 0 Å². The van der Waals surface area contributed by atoms with Crippen molar-refractivity contribution in [3.05, 3.63) is 12.2 Å². The van der Waals surface area contributed by atoms with Crippen LogP contribution in [-0.2, 0) is 14.3 Å². The highest BCUT2D eigenvalue weighted by Gasteiger charge is 1.99. The van der Waals surface area contributed by atoms with E-state index in [4.69, 9.17) is 9.84 Å². The van der Waals surface area contributed by atoms with Crippen LogP contribution >= 0.6 is 0 Å². The summed E-state index contributed by atoms with van der Waals surface area (Å²) in [6.45, 7) is 4.36. The molecule has 0 radical (unpaired) electrons. The Morgan fingerprint density at radius 1 is 1.38 bits per heavy atom. The van der Waals surface area contributed by atoms with Crippen LogP contribution in [-0.4, -0.2) is 23.7 Å². The molecule has 0 spiro atoms. The molecule has 13 heavy (non-hydrogen) atoms. The maximum Gasteiger partial charge on any atom is 0.331 e. The van der Waals surface area contributed by atoms with Crippen LogP contribution in [0.15, 0.2) is 12.2 Å². The van der Waals surface area contributed by atoms with Crippen LogP contribution < -0.4 is 0 Å². The number of carbonyl (C=O) groups is 2. The quantitative estimate of drug-likeness (QED) is 0.518. The van der Waals surface area contributed by atoms with Gasteiger partial charge in [0.25, 0.3) is 0 Å². The van der Waals surface area contributed by atoms with Gasteiger partial charge in [0.05, 0.1) is 6.61 Å². The molecule has 0 aromatic carbocycles. The van der Waals surface area contributed by atoms with E-state index in [0.717, 1.165) is 18.6 Å². The van der Waals surface area contributed by atoms with Crippen molar-refractivity contribution in [2.75, 3.05) is 6.61 Å². The van der Waals surface area contributed by atoms with Gasteiger partial charge in [0.1, 0.15) is 0 Å². The minimum Gasteiger partial charge on any atom is -0.478 e. The number of carbonyl (C=O) groups excluding carboxylic acids is 1. The fourth-order valence-corrected chi connectivity index (χ4v) is 0.583. The van der Waals surface area contributed by atoms with Gasteiger partial charge < -0.3 is 9.84 Å². The van der Waals surface area contributed by atoms with Gasteiger partial charge in [-0.2, -0.15) is 0 Å². The van der Waals surface area contributed by atoms with Crippen LogP contribution in [0, 0.1) is 5.92 Å². The molecule has 0 aromatic heterocycles. The summed E-state index contributed by atoms with van der Waals surface area (Å²) < 4.78 is 4.71. The molecule has 0 bridgehead atoms. The maximum atomic E-state index is 10.8. The number of rotatable bonds is 5. The Bertz CT molecular complexity index is 206. The molecular formula is C9H14O4. The monoisotopic (exact) mass is 186 g/mol. The van der Waals surface area contributed by atoms with Gasteiger partial charge in [-0.3, -0.25) is 0 Å². The minimum atomic E-state index is -1.15. The Hall–Kier alpha value is -1.32. The summed E-state index contributed by atoms with van der Waals surface area (Å²) in [5, 5.41) is 8.18. The predicted molar refractivity (Wildman–Crippen MR) is 47.2 cm³/mol. The molecule has 0 aliphatic rings. The summed E-state index contributed by atoms with van der Waals surface area (Å²) in [7, 11) is 0. The number of aliphatic carboxylic acids is 1. The van der Waals surface area contributed by atoms with E-state index in [1.165, 1.54) is 0 Å². The molecule has 0 aromatic rings. The second-order valence-electron chi connectivity index (χ2n) is 3.02. The lowest BCUT2D eigenvalue weighted by molar-refractivity contribution is -0.139. The highest BCUT2D eigenvalue weighted by Crippen LogP contribution is 1.98. The van der Waals surface area contributed by atoms with Crippen LogP contribution in [0.4, 0.5) is 0 Å².